The van der Waals surface area contributed by atoms with Gasteiger partial charge in [-0.2, -0.15) is 0 Å². The Morgan fingerprint density at radius 1 is 1.41 bits per heavy atom. The molecule has 2 aromatic heterocycles. The Morgan fingerprint density at radius 2 is 2.18 bits per heavy atom. The molecule has 0 atom stereocenters. The third-order valence-electron chi connectivity index (χ3n) is 2.29. The molecule has 2 rings (SSSR count). The molecule has 2 heterocycles. The van der Waals surface area contributed by atoms with Gasteiger partial charge in [0, 0.05) is 24.9 Å². The molecule has 17 heavy (non-hydrogen) atoms. The van der Waals surface area contributed by atoms with Crippen LogP contribution in [-0.2, 0) is 11.2 Å². The minimum atomic E-state index is -0.0740. The molecule has 1 amide bonds. The van der Waals surface area contributed by atoms with E-state index in [1.54, 1.807) is 25.4 Å². The first-order chi connectivity index (χ1) is 8.24. The standard InChI is InChI=1S/C12H13N3O2/c1-9-8-11(15-17-9)14-12(16)3-2-10-4-6-13-7-5-10/h4-8H,2-3H2,1H3,(H,14,15,16). The number of hydrogen-bond acceptors (Lipinski definition) is 4. The third kappa shape index (κ3) is 3.41. The van der Waals surface area contributed by atoms with Crippen LogP contribution in [0.2, 0.25) is 0 Å². The maximum Gasteiger partial charge on any atom is 0.225 e. The maximum absolute atomic E-state index is 11.6. The summed E-state index contributed by atoms with van der Waals surface area (Å²) in [5.41, 5.74) is 1.09. The fourth-order valence-electron chi connectivity index (χ4n) is 1.44. The molecule has 5 heteroatoms. The van der Waals surface area contributed by atoms with Gasteiger partial charge in [0.15, 0.2) is 5.82 Å². The summed E-state index contributed by atoms with van der Waals surface area (Å²) in [7, 11) is 0. The van der Waals surface area contributed by atoms with E-state index in [1.807, 2.05) is 12.1 Å². The van der Waals surface area contributed by atoms with Gasteiger partial charge in [0.1, 0.15) is 5.76 Å². The molecule has 0 saturated heterocycles. The number of aromatic nitrogens is 2. The second-order valence-corrected chi connectivity index (χ2v) is 3.73. The summed E-state index contributed by atoms with van der Waals surface area (Å²) in [5, 5.41) is 6.37. The zero-order chi connectivity index (χ0) is 12.1. The molecule has 0 saturated carbocycles. The number of carbonyl (C=O) groups excluding carboxylic acids is 1. The zero-order valence-electron chi connectivity index (χ0n) is 9.51. The maximum atomic E-state index is 11.6. The summed E-state index contributed by atoms with van der Waals surface area (Å²) in [5.74, 6) is 1.06. The van der Waals surface area contributed by atoms with Crippen LogP contribution in [0.25, 0.3) is 0 Å². The molecule has 5 nitrogen and oxygen atoms in total. The largest absolute Gasteiger partial charge is 0.360 e. The SMILES string of the molecule is Cc1cc(NC(=O)CCc2ccncc2)no1. The Balaban J connectivity index is 1.82. The predicted octanol–water partition coefficient (Wildman–Crippen LogP) is 1.95. The molecule has 0 radical (unpaired) electrons. The fraction of sp³-hybridized carbons (Fsp3) is 0.250. The Labute approximate surface area is 98.8 Å². The van der Waals surface area contributed by atoms with Crippen LogP contribution < -0.4 is 5.32 Å². The number of hydrogen-bond donors (Lipinski definition) is 1. The molecule has 0 spiro atoms. The molecular formula is C12H13N3O2. The Hall–Kier alpha value is -2.17. The molecule has 0 aromatic carbocycles. The fourth-order valence-corrected chi connectivity index (χ4v) is 1.44. The number of rotatable bonds is 4. The van der Waals surface area contributed by atoms with Crippen molar-refractivity contribution in [2.75, 3.05) is 5.32 Å². The summed E-state index contributed by atoms with van der Waals surface area (Å²) in [6, 6.07) is 5.48. The van der Waals surface area contributed by atoms with Gasteiger partial charge >= 0.3 is 0 Å². The second kappa shape index (κ2) is 5.25. The monoisotopic (exact) mass is 231 g/mol. The normalized spacial score (nSPS) is 10.2. The van der Waals surface area contributed by atoms with E-state index in [4.69, 9.17) is 4.52 Å². The summed E-state index contributed by atoms with van der Waals surface area (Å²) >= 11 is 0. The predicted molar refractivity (Wildman–Crippen MR) is 62.4 cm³/mol. The van der Waals surface area contributed by atoms with Crippen molar-refractivity contribution in [1.29, 1.82) is 0 Å². The molecule has 0 fully saturated rings. The van der Waals surface area contributed by atoms with E-state index >= 15 is 0 Å². The summed E-state index contributed by atoms with van der Waals surface area (Å²) in [4.78, 5) is 15.5. The van der Waals surface area contributed by atoms with Gasteiger partial charge in [-0.15, -0.1) is 0 Å². The van der Waals surface area contributed by atoms with Gasteiger partial charge in [0.2, 0.25) is 5.91 Å². The minimum Gasteiger partial charge on any atom is -0.360 e. The first-order valence-electron chi connectivity index (χ1n) is 5.36. The molecule has 0 bridgehead atoms. The summed E-state index contributed by atoms with van der Waals surface area (Å²) < 4.78 is 4.86. The van der Waals surface area contributed by atoms with E-state index in [2.05, 4.69) is 15.5 Å². The van der Waals surface area contributed by atoms with Crippen LogP contribution in [0.1, 0.15) is 17.7 Å². The van der Waals surface area contributed by atoms with Crippen LogP contribution in [0.4, 0.5) is 5.82 Å². The average Bonchev–Trinajstić information content (AvgIpc) is 2.73. The lowest BCUT2D eigenvalue weighted by Gasteiger charge is -2.01. The van der Waals surface area contributed by atoms with Crippen molar-refractivity contribution in [3.8, 4) is 0 Å². The van der Waals surface area contributed by atoms with Crippen LogP contribution in [0.15, 0.2) is 35.1 Å². The van der Waals surface area contributed by atoms with E-state index in [1.165, 1.54) is 0 Å². The molecule has 0 aliphatic rings. The molecule has 1 N–H and O–H groups in total. The number of nitrogens with zero attached hydrogens (tertiary/aromatic N) is 2. The van der Waals surface area contributed by atoms with Crippen molar-refractivity contribution in [3.05, 3.63) is 41.9 Å². The van der Waals surface area contributed by atoms with E-state index in [-0.39, 0.29) is 5.91 Å². The van der Waals surface area contributed by atoms with Gasteiger partial charge in [-0.1, -0.05) is 5.16 Å². The van der Waals surface area contributed by atoms with Crippen LogP contribution in [0.3, 0.4) is 0 Å². The first-order valence-corrected chi connectivity index (χ1v) is 5.36. The van der Waals surface area contributed by atoms with E-state index < -0.39 is 0 Å². The van der Waals surface area contributed by atoms with Crippen LogP contribution in [0.5, 0.6) is 0 Å². The number of anilines is 1. The van der Waals surface area contributed by atoms with E-state index in [9.17, 15) is 4.79 Å². The Kier molecular flexibility index (Phi) is 3.49. The highest BCUT2D eigenvalue weighted by Crippen LogP contribution is 2.08. The van der Waals surface area contributed by atoms with Gasteiger partial charge in [-0.25, -0.2) is 0 Å². The minimum absolute atomic E-state index is 0.0740. The molecular weight excluding hydrogens is 218 g/mol. The van der Waals surface area contributed by atoms with Gasteiger partial charge in [0.05, 0.1) is 0 Å². The lowest BCUT2D eigenvalue weighted by molar-refractivity contribution is -0.116. The third-order valence-corrected chi connectivity index (χ3v) is 2.29. The zero-order valence-corrected chi connectivity index (χ0v) is 9.51. The molecule has 88 valence electrons. The van der Waals surface area contributed by atoms with Crippen molar-refractivity contribution >= 4 is 11.7 Å². The molecule has 0 aliphatic heterocycles. The van der Waals surface area contributed by atoms with Gasteiger partial charge in [0.25, 0.3) is 0 Å². The quantitative estimate of drug-likeness (QED) is 0.873. The highest BCUT2D eigenvalue weighted by molar-refractivity contribution is 5.89. The highest BCUT2D eigenvalue weighted by Gasteiger charge is 2.06. The highest BCUT2D eigenvalue weighted by atomic mass is 16.5. The number of amides is 1. The van der Waals surface area contributed by atoms with Crippen molar-refractivity contribution in [2.24, 2.45) is 0 Å². The number of carbonyl (C=O) groups is 1. The lowest BCUT2D eigenvalue weighted by Crippen LogP contribution is -2.12. The van der Waals surface area contributed by atoms with Gasteiger partial charge in [-0.3, -0.25) is 9.78 Å². The molecule has 0 unspecified atom stereocenters. The second-order valence-electron chi connectivity index (χ2n) is 3.73. The number of aryl methyl sites for hydroxylation is 2. The van der Waals surface area contributed by atoms with Crippen LogP contribution in [0, 0.1) is 6.92 Å². The number of pyridine rings is 1. The lowest BCUT2D eigenvalue weighted by atomic mass is 10.1. The van der Waals surface area contributed by atoms with E-state index in [0.29, 0.717) is 24.4 Å². The van der Waals surface area contributed by atoms with Gasteiger partial charge < -0.3 is 9.84 Å². The average molecular weight is 231 g/mol. The molecule has 0 aliphatic carbocycles. The molecule has 2 aromatic rings. The van der Waals surface area contributed by atoms with E-state index in [0.717, 1.165) is 5.56 Å². The Bertz CT molecular complexity index is 493. The van der Waals surface area contributed by atoms with Crippen LogP contribution >= 0.6 is 0 Å². The van der Waals surface area contributed by atoms with Crippen LogP contribution in [-0.4, -0.2) is 16.0 Å². The van der Waals surface area contributed by atoms with Crippen molar-refractivity contribution < 1.29 is 9.32 Å². The van der Waals surface area contributed by atoms with Crippen molar-refractivity contribution in [2.45, 2.75) is 19.8 Å². The summed E-state index contributed by atoms with van der Waals surface area (Å²) in [6.45, 7) is 1.78. The van der Waals surface area contributed by atoms with Crippen molar-refractivity contribution in [1.82, 2.24) is 10.1 Å². The van der Waals surface area contributed by atoms with Crippen molar-refractivity contribution in [3.63, 3.8) is 0 Å². The smallest absolute Gasteiger partial charge is 0.225 e. The first kappa shape index (κ1) is 11.3. The Morgan fingerprint density at radius 3 is 2.82 bits per heavy atom. The number of nitrogens with one attached hydrogen (secondary N) is 1. The summed E-state index contributed by atoms with van der Waals surface area (Å²) in [6.07, 6.45) is 4.53. The topological polar surface area (TPSA) is 68.0 Å². The van der Waals surface area contributed by atoms with Gasteiger partial charge in [-0.05, 0) is 31.0 Å².